The van der Waals surface area contributed by atoms with Crippen LogP contribution in [0.1, 0.15) is 38.2 Å². The highest BCUT2D eigenvalue weighted by Gasteiger charge is 2.22. The lowest BCUT2D eigenvalue weighted by Gasteiger charge is -2.38. The molecule has 4 heteroatoms. The van der Waals surface area contributed by atoms with Crippen LogP contribution in [0.25, 0.3) is 6.08 Å². The Morgan fingerprint density at radius 3 is 3.00 bits per heavy atom. The molecule has 0 aromatic heterocycles. The molecule has 20 heavy (non-hydrogen) atoms. The van der Waals surface area contributed by atoms with Crippen molar-refractivity contribution >= 4 is 29.3 Å². The van der Waals surface area contributed by atoms with Crippen molar-refractivity contribution in [2.24, 2.45) is 0 Å². The summed E-state index contributed by atoms with van der Waals surface area (Å²) in [4.78, 5) is 13.1. The Kier molecular flexibility index (Phi) is 5.07. The molecule has 0 bridgehead atoms. The Bertz CT molecular complexity index is 513. The molecule has 0 saturated carbocycles. The van der Waals surface area contributed by atoms with Gasteiger partial charge >= 0.3 is 5.97 Å². The largest absolute Gasteiger partial charge is 0.478 e. The molecule has 1 atom stereocenters. The van der Waals surface area contributed by atoms with Gasteiger partial charge in [-0.2, -0.15) is 0 Å². The summed E-state index contributed by atoms with van der Waals surface area (Å²) < 4.78 is 0. The molecule has 1 aliphatic heterocycles. The summed E-state index contributed by atoms with van der Waals surface area (Å²) in [6.45, 7) is 3.22. The Balaban J connectivity index is 2.36. The molecule has 1 fully saturated rings. The zero-order valence-electron chi connectivity index (χ0n) is 11.7. The highest BCUT2D eigenvalue weighted by molar-refractivity contribution is 6.30. The lowest BCUT2D eigenvalue weighted by molar-refractivity contribution is -0.131. The number of nitrogens with zero attached hydrogens (tertiary/aromatic N) is 1. The zero-order chi connectivity index (χ0) is 14.5. The standard InChI is InChI=1S/C16H20ClNO2/c1-2-14-5-3-4-10-18(14)15-8-7-13(17)11-12(15)6-9-16(19)20/h6-9,11,14H,2-5,10H2,1H3,(H,19,20)/b9-6+. The number of carbonyl (C=O) groups is 1. The second-order valence-corrected chi connectivity index (χ2v) is 5.56. The van der Waals surface area contributed by atoms with E-state index in [1.165, 1.54) is 25.3 Å². The lowest BCUT2D eigenvalue weighted by Crippen LogP contribution is -2.39. The number of halogens is 1. The van der Waals surface area contributed by atoms with Crippen LogP contribution in [0.3, 0.4) is 0 Å². The first-order valence-corrected chi connectivity index (χ1v) is 7.47. The van der Waals surface area contributed by atoms with Gasteiger partial charge in [-0.05, 0) is 55.5 Å². The molecule has 108 valence electrons. The predicted molar refractivity (Wildman–Crippen MR) is 83.4 cm³/mol. The van der Waals surface area contributed by atoms with Crippen LogP contribution >= 0.6 is 11.6 Å². The molecular formula is C16H20ClNO2. The minimum atomic E-state index is -0.943. The lowest BCUT2D eigenvalue weighted by atomic mass is 9.98. The van der Waals surface area contributed by atoms with E-state index in [0.29, 0.717) is 11.1 Å². The summed E-state index contributed by atoms with van der Waals surface area (Å²) in [6.07, 6.45) is 7.54. The Morgan fingerprint density at radius 2 is 2.30 bits per heavy atom. The molecule has 0 spiro atoms. The van der Waals surface area contributed by atoms with E-state index in [1.807, 2.05) is 18.2 Å². The zero-order valence-corrected chi connectivity index (χ0v) is 12.4. The number of anilines is 1. The molecule has 0 aliphatic carbocycles. The van der Waals surface area contributed by atoms with Crippen LogP contribution < -0.4 is 4.90 Å². The van der Waals surface area contributed by atoms with Gasteiger partial charge in [0.05, 0.1) is 0 Å². The number of carboxylic acid groups (broad SMARTS) is 1. The van der Waals surface area contributed by atoms with Gasteiger partial charge in [-0.15, -0.1) is 0 Å². The maximum absolute atomic E-state index is 10.7. The number of hydrogen-bond acceptors (Lipinski definition) is 2. The van der Waals surface area contributed by atoms with Crippen molar-refractivity contribution in [3.8, 4) is 0 Å². The maximum atomic E-state index is 10.7. The van der Waals surface area contributed by atoms with Crippen LogP contribution in [-0.4, -0.2) is 23.7 Å². The van der Waals surface area contributed by atoms with Gasteiger partial charge in [0.2, 0.25) is 0 Å². The van der Waals surface area contributed by atoms with E-state index in [4.69, 9.17) is 16.7 Å². The third kappa shape index (κ3) is 3.54. The first kappa shape index (κ1) is 14.9. The molecular weight excluding hydrogens is 274 g/mol. The number of piperidine rings is 1. The Hall–Kier alpha value is -1.48. The van der Waals surface area contributed by atoms with Crippen LogP contribution in [0.4, 0.5) is 5.69 Å². The summed E-state index contributed by atoms with van der Waals surface area (Å²) >= 11 is 6.04. The third-order valence-corrected chi connectivity index (χ3v) is 4.04. The molecule has 0 amide bonds. The van der Waals surface area contributed by atoms with Gasteiger partial charge in [-0.1, -0.05) is 18.5 Å². The maximum Gasteiger partial charge on any atom is 0.328 e. The van der Waals surface area contributed by atoms with Crippen molar-refractivity contribution in [3.05, 3.63) is 34.9 Å². The molecule has 1 aliphatic rings. The van der Waals surface area contributed by atoms with Crippen molar-refractivity contribution in [2.45, 2.75) is 38.6 Å². The van der Waals surface area contributed by atoms with Crippen molar-refractivity contribution < 1.29 is 9.90 Å². The molecule has 2 rings (SSSR count). The topological polar surface area (TPSA) is 40.5 Å². The van der Waals surface area contributed by atoms with Crippen molar-refractivity contribution in [2.75, 3.05) is 11.4 Å². The number of benzene rings is 1. The first-order valence-electron chi connectivity index (χ1n) is 7.09. The molecule has 3 nitrogen and oxygen atoms in total. The fourth-order valence-corrected chi connectivity index (χ4v) is 3.00. The highest BCUT2D eigenvalue weighted by Crippen LogP contribution is 2.31. The highest BCUT2D eigenvalue weighted by atomic mass is 35.5. The Labute approximate surface area is 124 Å². The molecule has 1 unspecified atom stereocenters. The number of rotatable bonds is 4. The molecule has 1 N–H and O–H groups in total. The molecule has 0 radical (unpaired) electrons. The first-order chi connectivity index (χ1) is 9.61. The van der Waals surface area contributed by atoms with Crippen LogP contribution in [-0.2, 0) is 4.79 Å². The van der Waals surface area contributed by atoms with Crippen LogP contribution in [0.5, 0.6) is 0 Å². The Morgan fingerprint density at radius 1 is 1.50 bits per heavy atom. The fourth-order valence-electron chi connectivity index (χ4n) is 2.82. The smallest absolute Gasteiger partial charge is 0.328 e. The van der Waals surface area contributed by atoms with Gasteiger partial charge in [0.1, 0.15) is 0 Å². The van der Waals surface area contributed by atoms with Crippen LogP contribution in [0.15, 0.2) is 24.3 Å². The summed E-state index contributed by atoms with van der Waals surface area (Å²) in [5, 5.41) is 9.44. The average molecular weight is 294 g/mol. The van der Waals surface area contributed by atoms with Crippen molar-refractivity contribution in [3.63, 3.8) is 0 Å². The summed E-state index contributed by atoms with van der Waals surface area (Å²) in [6, 6.07) is 6.23. The normalized spacial score (nSPS) is 19.5. The summed E-state index contributed by atoms with van der Waals surface area (Å²) in [5.74, 6) is -0.943. The van der Waals surface area contributed by atoms with Crippen molar-refractivity contribution in [1.29, 1.82) is 0 Å². The summed E-state index contributed by atoms with van der Waals surface area (Å²) in [5.41, 5.74) is 1.96. The van der Waals surface area contributed by atoms with Gasteiger partial charge in [0.15, 0.2) is 0 Å². The van der Waals surface area contributed by atoms with Crippen LogP contribution in [0.2, 0.25) is 5.02 Å². The van der Waals surface area contributed by atoms with E-state index in [-0.39, 0.29) is 0 Å². The molecule has 1 aromatic carbocycles. The van der Waals surface area contributed by atoms with Crippen LogP contribution in [0, 0.1) is 0 Å². The minimum Gasteiger partial charge on any atom is -0.478 e. The number of aliphatic carboxylic acids is 1. The van der Waals surface area contributed by atoms with E-state index in [2.05, 4.69) is 11.8 Å². The third-order valence-electron chi connectivity index (χ3n) is 3.80. The fraction of sp³-hybridized carbons (Fsp3) is 0.438. The van der Waals surface area contributed by atoms with E-state index in [9.17, 15) is 4.79 Å². The summed E-state index contributed by atoms with van der Waals surface area (Å²) in [7, 11) is 0. The monoisotopic (exact) mass is 293 g/mol. The number of carboxylic acids is 1. The van der Waals surface area contributed by atoms with Gasteiger partial charge in [0, 0.05) is 29.4 Å². The second kappa shape index (κ2) is 6.80. The van der Waals surface area contributed by atoms with Gasteiger partial charge < -0.3 is 10.0 Å². The SMILES string of the molecule is CCC1CCCCN1c1ccc(Cl)cc1/C=C/C(=O)O. The van der Waals surface area contributed by atoms with E-state index >= 15 is 0 Å². The van der Waals surface area contributed by atoms with Gasteiger partial charge in [-0.25, -0.2) is 4.79 Å². The average Bonchev–Trinajstić information content (AvgIpc) is 2.45. The van der Waals surface area contributed by atoms with E-state index in [1.54, 1.807) is 6.08 Å². The predicted octanol–water partition coefficient (Wildman–Crippen LogP) is 4.21. The number of hydrogen-bond donors (Lipinski definition) is 1. The van der Waals surface area contributed by atoms with Gasteiger partial charge in [0.25, 0.3) is 0 Å². The molecule has 1 aromatic rings. The second-order valence-electron chi connectivity index (χ2n) is 5.13. The molecule has 1 saturated heterocycles. The minimum absolute atomic E-state index is 0.530. The van der Waals surface area contributed by atoms with E-state index < -0.39 is 5.97 Å². The van der Waals surface area contributed by atoms with E-state index in [0.717, 1.165) is 24.2 Å². The quantitative estimate of drug-likeness (QED) is 0.846. The van der Waals surface area contributed by atoms with Gasteiger partial charge in [-0.3, -0.25) is 0 Å². The van der Waals surface area contributed by atoms with Crippen molar-refractivity contribution in [1.82, 2.24) is 0 Å². The molecule has 1 heterocycles.